The summed E-state index contributed by atoms with van der Waals surface area (Å²) in [5.74, 6) is -0.302. The van der Waals surface area contributed by atoms with Crippen LogP contribution in [0.3, 0.4) is 0 Å². The zero-order valence-corrected chi connectivity index (χ0v) is 14.1. The first-order valence-electron chi connectivity index (χ1n) is 7.52. The lowest BCUT2D eigenvalue weighted by atomic mass is 9.87. The summed E-state index contributed by atoms with van der Waals surface area (Å²) in [5.41, 5.74) is 1.06. The topological polar surface area (TPSA) is 61.4 Å². The minimum absolute atomic E-state index is 0.0740. The second-order valence-electron chi connectivity index (χ2n) is 6.67. The number of likely N-dealkylation sites (N-methyl/N-ethyl adjacent to an activating group) is 1. The molecule has 0 aromatic heterocycles. The van der Waals surface area contributed by atoms with Gasteiger partial charge in [-0.25, -0.2) is 4.79 Å². The SMILES string of the molecule is CC(N(C)CC(=O)NC(=O)NCc1ccccc1)C(C)(C)C. The van der Waals surface area contributed by atoms with Crippen LogP contribution < -0.4 is 10.6 Å². The van der Waals surface area contributed by atoms with E-state index in [-0.39, 0.29) is 23.9 Å². The zero-order valence-electron chi connectivity index (χ0n) is 14.1. The number of imide groups is 1. The number of hydrogen-bond donors (Lipinski definition) is 2. The molecule has 3 amide bonds. The molecule has 0 aliphatic rings. The number of carbonyl (C=O) groups excluding carboxylic acids is 2. The average molecular weight is 305 g/mol. The van der Waals surface area contributed by atoms with Crippen molar-refractivity contribution in [2.45, 2.75) is 40.3 Å². The Bertz CT molecular complexity index is 494. The Kier molecular flexibility index (Phi) is 6.56. The smallest absolute Gasteiger partial charge is 0.321 e. The second-order valence-corrected chi connectivity index (χ2v) is 6.67. The number of urea groups is 1. The summed E-state index contributed by atoms with van der Waals surface area (Å²) in [5, 5.41) is 5.03. The molecule has 0 fully saturated rings. The molecule has 5 nitrogen and oxygen atoms in total. The molecule has 1 aromatic carbocycles. The molecule has 0 aliphatic heterocycles. The number of carbonyl (C=O) groups is 2. The van der Waals surface area contributed by atoms with E-state index in [1.807, 2.05) is 42.3 Å². The van der Waals surface area contributed by atoms with E-state index in [1.165, 1.54) is 0 Å². The van der Waals surface area contributed by atoms with Crippen LogP contribution in [0, 0.1) is 5.41 Å². The van der Waals surface area contributed by atoms with E-state index in [9.17, 15) is 9.59 Å². The van der Waals surface area contributed by atoms with Gasteiger partial charge in [0.05, 0.1) is 6.54 Å². The Morgan fingerprint density at radius 1 is 1.18 bits per heavy atom. The van der Waals surface area contributed by atoms with Crippen molar-refractivity contribution in [2.75, 3.05) is 13.6 Å². The van der Waals surface area contributed by atoms with Crippen LogP contribution in [-0.4, -0.2) is 36.5 Å². The summed E-state index contributed by atoms with van der Waals surface area (Å²) >= 11 is 0. The summed E-state index contributed by atoms with van der Waals surface area (Å²) in [6, 6.07) is 9.32. The van der Waals surface area contributed by atoms with Crippen molar-refractivity contribution >= 4 is 11.9 Å². The van der Waals surface area contributed by atoms with Gasteiger partial charge in [0.25, 0.3) is 0 Å². The third-order valence-corrected chi connectivity index (χ3v) is 3.86. The highest BCUT2D eigenvalue weighted by molar-refractivity contribution is 5.95. The van der Waals surface area contributed by atoms with E-state index in [4.69, 9.17) is 0 Å². The van der Waals surface area contributed by atoms with Crippen molar-refractivity contribution in [1.82, 2.24) is 15.5 Å². The van der Waals surface area contributed by atoms with Gasteiger partial charge in [0.2, 0.25) is 5.91 Å². The van der Waals surface area contributed by atoms with Gasteiger partial charge in [-0.3, -0.25) is 15.0 Å². The van der Waals surface area contributed by atoms with Crippen LogP contribution in [0.4, 0.5) is 4.79 Å². The molecule has 22 heavy (non-hydrogen) atoms. The molecule has 0 bridgehead atoms. The molecule has 0 radical (unpaired) electrons. The molecule has 0 saturated heterocycles. The van der Waals surface area contributed by atoms with E-state index in [0.717, 1.165) is 5.56 Å². The van der Waals surface area contributed by atoms with Gasteiger partial charge < -0.3 is 5.32 Å². The Balaban J connectivity index is 2.37. The number of hydrogen-bond acceptors (Lipinski definition) is 3. The summed E-state index contributed by atoms with van der Waals surface area (Å²) in [4.78, 5) is 25.6. The van der Waals surface area contributed by atoms with Crippen molar-refractivity contribution in [3.8, 4) is 0 Å². The fraction of sp³-hybridized carbons (Fsp3) is 0.529. The van der Waals surface area contributed by atoms with Crippen LogP contribution in [0.25, 0.3) is 0 Å². The Labute approximate surface area is 133 Å². The lowest BCUT2D eigenvalue weighted by Crippen LogP contribution is -2.47. The minimum Gasteiger partial charge on any atom is -0.334 e. The van der Waals surface area contributed by atoms with Crippen molar-refractivity contribution in [1.29, 1.82) is 0 Å². The first-order valence-corrected chi connectivity index (χ1v) is 7.52. The minimum atomic E-state index is -0.467. The monoisotopic (exact) mass is 305 g/mol. The van der Waals surface area contributed by atoms with Crippen LogP contribution in [0.15, 0.2) is 30.3 Å². The molecule has 1 unspecified atom stereocenters. The predicted octanol–water partition coefficient (Wildman–Crippen LogP) is 2.38. The highest BCUT2D eigenvalue weighted by Gasteiger charge is 2.25. The summed E-state index contributed by atoms with van der Waals surface area (Å²) in [6.07, 6.45) is 0. The molecule has 0 heterocycles. The maximum atomic E-state index is 11.9. The maximum Gasteiger partial charge on any atom is 0.321 e. The zero-order chi connectivity index (χ0) is 16.8. The highest BCUT2D eigenvalue weighted by Crippen LogP contribution is 2.22. The molecule has 122 valence electrons. The molecular weight excluding hydrogens is 278 g/mol. The van der Waals surface area contributed by atoms with Crippen molar-refractivity contribution < 1.29 is 9.59 Å². The van der Waals surface area contributed by atoms with Crippen molar-refractivity contribution in [3.63, 3.8) is 0 Å². The van der Waals surface area contributed by atoms with Gasteiger partial charge >= 0.3 is 6.03 Å². The van der Waals surface area contributed by atoms with E-state index in [1.54, 1.807) is 0 Å². The normalized spacial score (nSPS) is 12.8. The molecule has 1 rings (SSSR count). The van der Waals surface area contributed by atoms with Gasteiger partial charge in [0, 0.05) is 12.6 Å². The van der Waals surface area contributed by atoms with Gasteiger partial charge in [-0.2, -0.15) is 0 Å². The number of benzene rings is 1. The van der Waals surface area contributed by atoms with Crippen LogP contribution >= 0.6 is 0 Å². The van der Waals surface area contributed by atoms with Gasteiger partial charge in [-0.15, -0.1) is 0 Å². The molecule has 1 aromatic rings. The largest absolute Gasteiger partial charge is 0.334 e. The summed E-state index contributed by atoms with van der Waals surface area (Å²) < 4.78 is 0. The van der Waals surface area contributed by atoms with Crippen LogP contribution in [0.2, 0.25) is 0 Å². The third-order valence-electron chi connectivity index (χ3n) is 3.86. The Hall–Kier alpha value is -1.88. The fourth-order valence-corrected chi connectivity index (χ4v) is 2.01. The lowest BCUT2D eigenvalue weighted by molar-refractivity contribution is -0.121. The van der Waals surface area contributed by atoms with E-state index in [0.29, 0.717) is 6.54 Å². The van der Waals surface area contributed by atoms with E-state index in [2.05, 4.69) is 38.3 Å². The van der Waals surface area contributed by atoms with Crippen molar-refractivity contribution in [2.24, 2.45) is 5.41 Å². The molecule has 0 spiro atoms. The van der Waals surface area contributed by atoms with Gasteiger partial charge in [-0.1, -0.05) is 51.1 Å². The predicted molar refractivity (Wildman–Crippen MR) is 88.4 cm³/mol. The fourth-order valence-electron chi connectivity index (χ4n) is 2.01. The first kappa shape index (κ1) is 18.2. The third kappa shape index (κ3) is 6.26. The first-order chi connectivity index (χ1) is 10.2. The van der Waals surface area contributed by atoms with Crippen molar-refractivity contribution in [3.05, 3.63) is 35.9 Å². The van der Waals surface area contributed by atoms with E-state index >= 15 is 0 Å². The van der Waals surface area contributed by atoms with Gasteiger partial charge in [-0.05, 0) is 24.9 Å². The lowest BCUT2D eigenvalue weighted by Gasteiger charge is -2.34. The Morgan fingerprint density at radius 3 is 2.32 bits per heavy atom. The quantitative estimate of drug-likeness (QED) is 0.878. The van der Waals surface area contributed by atoms with Crippen LogP contribution in [0.5, 0.6) is 0 Å². The Morgan fingerprint density at radius 2 is 1.77 bits per heavy atom. The molecule has 2 N–H and O–H groups in total. The number of rotatable bonds is 5. The van der Waals surface area contributed by atoms with E-state index < -0.39 is 6.03 Å². The molecule has 5 heteroatoms. The second kappa shape index (κ2) is 7.94. The molecule has 0 aliphatic carbocycles. The average Bonchev–Trinajstić information content (AvgIpc) is 2.44. The number of amides is 3. The van der Waals surface area contributed by atoms with Gasteiger partial charge in [0.15, 0.2) is 0 Å². The maximum absolute atomic E-state index is 11.9. The molecular formula is C17H27N3O2. The summed E-state index contributed by atoms with van der Waals surface area (Å²) in [7, 11) is 1.89. The van der Waals surface area contributed by atoms with Gasteiger partial charge in [0.1, 0.15) is 0 Å². The standard InChI is InChI=1S/C17H27N3O2/c1-13(17(2,3)4)20(5)12-15(21)19-16(22)18-11-14-9-7-6-8-10-14/h6-10,13H,11-12H2,1-5H3,(H2,18,19,21,22). The number of nitrogens with zero attached hydrogens (tertiary/aromatic N) is 1. The van der Waals surface area contributed by atoms with Crippen LogP contribution in [0.1, 0.15) is 33.3 Å². The number of nitrogens with one attached hydrogen (secondary N) is 2. The molecule has 0 saturated carbocycles. The molecule has 1 atom stereocenters. The summed E-state index contributed by atoms with van der Waals surface area (Å²) in [6.45, 7) is 9.03. The van der Waals surface area contributed by atoms with Crippen LogP contribution in [-0.2, 0) is 11.3 Å². The highest BCUT2D eigenvalue weighted by atomic mass is 16.2.